The van der Waals surface area contributed by atoms with Crippen molar-refractivity contribution in [3.63, 3.8) is 0 Å². The second kappa shape index (κ2) is 3.71. The number of pyridine rings is 1. The fraction of sp³-hybridized carbons (Fsp3) is 0.250. The molecule has 0 aliphatic rings. The summed E-state index contributed by atoms with van der Waals surface area (Å²) in [6.07, 6.45) is 4.11. The van der Waals surface area contributed by atoms with E-state index in [1.54, 1.807) is 12.4 Å². The number of rotatable bonds is 3. The number of hydrogen-bond donors (Lipinski definition) is 1. The number of nitrogens with zero attached hydrogens (tertiary/aromatic N) is 1. The van der Waals surface area contributed by atoms with Gasteiger partial charge in [-0.2, -0.15) is 0 Å². The predicted octanol–water partition coefficient (Wildman–Crippen LogP) is 0.889. The normalized spacial score (nSPS) is 12.1. The van der Waals surface area contributed by atoms with Gasteiger partial charge in [-0.25, -0.2) is 0 Å². The molecule has 0 bridgehead atoms. The first-order valence-electron chi connectivity index (χ1n) is 3.44. The van der Waals surface area contributed by atoms with E-state index in [1.807, 2.05) is 19.1 Å². The molecule has 1 rings (SSSR count). The van der Waals surface area contributed by atoms with Gasteiger partial charge in [-0.3, -0.25) is 9.78 Å². The van der Waals surface area contributed by atoms with Crippen LogP contribution in [0.1, 0.15) is 18.5 Å². The van der Waals surface area contributed by atoms with Crippen molar-refractivity contribution < 1.29 is 4.79 Å². The highest BCUT2D eigenvalue weighted by Gasteiger charge is 2.00. The van der Waals surface area contributed by atoms with Gasteiger partial charge in [-0.15, -0.1) is 0 Å². The highest BCUT2D eigenvalue weighted by atomic mass is 16.1. The van der Waals surface area contributed by atoms with Gasteiger partial charge in [0.05, 0.1) is 6.04 Å². The second-order valence-corrected chi connectivity index (χ2v) is 2.29. The molecule has 1 heterocycles. The molecule has 0 spiro atoms. The molecule has 0 radical (unpaired) electrons. The summed E-state index contributed by atoms with van der Waals surface area (Å²) in [6.45, 7) is 1.92. The van der Waals surface area contributed by atoms with Crippen LogP contribution in [0.4, 0.5) is 0 Å². The Balaban J connectivity index is 2.68. The summed E-state index contributed by atoms with van der Waals surface area (Å²) in [5, 5.41) is 2.65. The summed E-state index contributed by atoms with van der Waals surface area (Å²) < 4.78 is 0. The Labute approximate surface area is 65.5 Å². The summed E-state index contributed by atoms with van der Waals surface area (Å²) >= 11 is 0. The van der Waals surface area contributed by atoms with Crippen LogP contribution >= 0.6 is 0 Å². The number of nitrogens with one attached hydrogen (secondary N) is 1. The summed E-state index contributed by atoms with van der Waals surface area (Å²) in [4.78, 5) is 13.9. The van der Waals surface area contributed by atoms with Crippen LogP contribution in [0, 0.1) is 0 Å². The summed E-state index contributed by atoms with van der Waals surface area (Å²) in [5.41, 5.74) is 1.06. The number of hydrogen-bond acceptors (Lipinski definition) is 2. The van der Waals surface area contributed by atoms with E-state index in [1.165, 1.54) is 0 Å². The standard InChI is InChI=1S/C8H10N2O/c1-7(10-6-11)8-2-4-9-5-3-8/h2-7H,1H3,(H,10,11)/t7-/m0/s1. The van der Waals surface area contributed by atoms with E-state index in [-0.39, 0.29) is 6.04 Å². The number of amides is 1. The lowest BCUT2D eigenvalue weighted by molar-refractivity contribution is -0.110. The van der Waals surface area contributed by atoms with Crippen LogP contribution in [0.25, 0.3) is 0 Å². The minimum atomic E-state index is 0.0653. The van der Waals surface area contributed by atoms with Crippen LogP contribution in [0.5, 0.6) is 0 Å². The lowest BCUT2D eigenvalue weighted by atomic mass is 10.1. The first-order valence-corrected chi connectivity index (χ1v) is 3.44. The average molecular weight is 150 g/mol. The first-order chi connectivity index (χ1) is 5.34. The van der Waals surface area contributed by atoms with Gasteiger partial charge >= 0.3 is 0 Å². The zero-order chi connectivity index (χ0) is 8.10. The van der Waals surface area contributed by atoms with Gasteiger partial charge in [0, 0.05) is 12.4 Å². The van der Waals surface area contributed by atoms with E-state index < -0.39 is 0 Å². The van der Waals surface area contributed by atoms with E-state index in [4.69, 9.17) is 0 Å². The van der Waals surface area contributed by atoms with E-state index in [0.717, 1.165) is 5.56 Å². The number of aromatic nitrogens is 1. The van der Waals surface area contributed by atoms with Crippen molar-refractivity contribution in [2.24, 2.45) is 0 Å². The molecule has 0 aromatic carbocycles. The maximum Gasteiger partial charge on any atom is 0.207 e. The maximum atomic E-state index is 10.1. The topological polar surface area (TPSA) is 42.0 Å². The molecule has 0 fully saturated rings. The lowest BCUT2D eigenvalue weighted by Crippen LogP contribution is -2.15. The van der Waals surface area contributed by atoms with E-state index in [0.29, 0.717) is 6.41 Å². The monoisotopic (exact) mass is 150 g/mol. The summed E-state index contributed by atoms with van der Waals surface area (Å²) in [7, 11) is 0. The zero-order valence-electron chi connectivity index (χ0n) is 6.32. The van der Waals surface area contributed by atoms with E-state index in [2.05, 4.69) is 10.3 Å². The van der Waals surface area contributed by atoms with Gasteiger partial charge < -0.3 is 5.32 Å². The van der Waals surface area contributed by atoms with Crippen LogP contribution in [0.15, 0.2) is 24.5 Å². The van der Waals surface area contributed by atoms with Crippen molar-refractivity contribution in [2.45, 2.75) is 13.0 Å². The Bertz CT molecular complexity index is 223. The minimum Gasteiger partial charge on any atom is -0.352 e. The van der Waals surface area contributed by atoms with Crippen molar-refractivity contribution in [3.8, 4) is 0 Å². The van der Waals surface area contributed by atoms with Crippen molar-refractivity contribution in [1.82, 2.24) is 10.3 Å². The van der Waals surface area contributed by atoms with Gasteiger partial charge in [-0.05, 0) is 24.6 Å². The van der Waals surface area contributed by atoms with Crippen molar-refractivity contribution >= 4 is 6.41 Å². The molecule has 0 saturated heterocycles. The molecular formula is C8H10N2O. The van der Waals surface area contributed by atoms with Gasteiger partial charge in [-0.1, -0.05) is 0 Å². The fourth-order valence-electron chi connectivity index (χ4n) is 0.850. The van der Waals surface area contributed by atoms with Gasteiger partial charge in [0.1, 0.15) is 0 Å². The quantitative estimate of drug-likeness (QED) is 0.650. The van der Waals surface area contributed by atoms with Crippen molar-refractivity contribution in [1.29, 1.82) is 0 Å². The summed E-state index contributed by atoms with van der Waals surface area (Å²) in [6, 6.07) is 3.82. The molecular weight excluding hydrogens is 140 g/mol. The molecule has 11 heavy (non-hydrogen) atoms. The molecule has 1 amide bonds. The summed E-state index contributed by atoms with van der Waals surface area (Å²) in [5.74, 6) is 0. The highest BCUT2D eigenvalue weighted by molar-refractivity contribution is 5.47. The van der Waals surface area contributed by atoms with Crippen LogP contribution in [0.2, 0.25) is 0 Å². The molecule has 1 atom stereocenters. The number of carbonyl (C=O) groups excluding carboxylic acids is 1. The lowest BCUT2D eigenvalue weighted by Gasteiger charge is -2.08. The average Bonchev–Trinajstić information content (AvgIpc) is 2.07. The molecule has 0 unspecified atom stereocenters. The molecule has 3 nitrogen and oxygen atoms in total. The molecule has 1 aromatic heterocycles. The number of carbonyl (C=O) groups is 1. The third kappa shape index (κ3) is 2.04. The highest BCUT2D eigenvalue weighted by Crippen LogP contribution is 2.08. The third-order valence-electron chi connectivity index (χ3n) is 1.52. The van der Waals surface area contributed by atoms with Crippen molar-refractivity contribution in [3.05, 3.63) is 30.1 Å². The molecule has 0 aliphatic heterocycles. The molecule has 3 heteroatoms. The van der Waals surface area contributed by atoms with E-state index >= 15 is 0 Å². The Morgan fingerprint density at radius 3 is 2.73 bits per heavy atom. The third-order valence-corrected chi connectivity index (χ3v) is 1.52. The van der Waals surface area contributed by atoms with E-state index in [9.17, 15) is 4.79 Å². The van der Waals surface area contributed by atoms with Crippen LogP contribution in [-0.2, 0) is 4.79 Å². The largest absolute Gasteiger partial charge is 0.352 e. The second-order valence-electron chi connectivity index (χ2n) is 2.29. The Kier molecular flexibility index (Phi) is 2.60. The fourth-order valence-corrected chi connectivity index (χ4v) is 0.850. The first kappa shape index (κ1) is 7.72. The molecule has 0 aliphatic carbocycles. The molecule has 0 saturated carbocycles. The van der Waals surface area contributed by atoms with Crippen molar-refractivity contribution in [2.75, 3.05) is 0 Å². The molecule has 1 N–H and O–H groups in total. The predicted molar refractivity (Wildman–Crippen MR) is 41.9 cm³/mol. The Morgan fingerprint density at radius 2 is 2.18 bits per heavy atom. The smallest absolute Gasteiger partial charge is 0.207 e. The van der Waals surface area contributed by atoms with Crippen LogP contribution in [0.3, 0.4) is 0 Å². The van der Waals surface area contributed by atoms with Gasteiger partial charge in [0.25, 0.3) is 0 Å². The minimum absolute atomic E-state index is 0.0653. The van der Waals surface area contributed by atoms with Gasteiger partial charge in [0.2, 0.25) is 6.41 Å². The SMILES string of the molecule is C[C@H](NC=O)c1ccncc1. The Morgan fingerprint density at radius 1 is 1.55 bits per heavy atom. The van der Waals surface area contributed by atoms with Crippen LogP contribution < -0.4 is 5.32 Å². The zero-order valence-corrected chi connectivity index (χ0v) is 6.32. The molecule has 1 aromatic rings. The van der Waals surface area contributed by atoms with Gasteiger partial charge in [0.15, 0.2) is 0 Å². The van der Waals surface area contributed by atoms with Crippen LogP contribution in [-0.4, -0.2) is 11.4 Å². The maximum absolute atomic E-state index is 10.1. The Hall–Kier alpha value is -1.38. The molecule has 58 valence electrons.